The third-order valence-electron chi connectivity index (χ3n) is 3.83. The van der Waals surface area contributed by atoms with Crippen molar-refractivity contribution in [2.24, 2.45) is 0 Å². The second kappa shape index (κ2) is 7.15. The number of nitrogens with zero attached hydrogens (tertiary/aromatic N) is 4. The summed E-state index contributed by atoms with van der Waals surface area (Å²) >= 11 is 0. The van der Waals surface area contributed by atoms with Gasteiger partial charge in [-0.05, 0) is 18.1 Å². The van der Waals surface area contributed by atoms with Gasteiger partial charge in [-0.2, -0.15) is 0 Å². The molecule has 0 radical (unpaired) electrons. The third kappa shape index (κ3) is 3.81. The Labute approximate surface area is 134 Å². The van der Waals surface area contributed by atoms with Crippen LogP contribution in [0.4, 0.5) is 5.82 Å². The molecule has 3 rings (SSSR count). The topological polar surface area (TPSA) is 94.2 Å². The van der Waals surface area contributed by atoms with E-state index in [2.05, 4.69) is 15.0 Å². The van der Waals surface area contributed by atoms with Crippen LogP contribution in [0.5, 0.6) is 0 Å². The van der Waals surface area contributed by atoms with Crippen molar-refractivity contribution in [1.82, 2.24) is 19.9 Å². The number of nitrogen functional groups attached to an aromatic ring is 1. The Hall–Kier alpha value is -2.54. The Morgan fingerprint density at radius 2 is 2.22 bits per heavy atom. The van der Waals surface area contributed by atoms with Gasteiger partial charge in [0.05, 0.1) is 13.2 Å². The van der Waals surface area contributed by atoms with Crippen LogP contribution in [0.15, 0.2) is 36.9 Å². The number of aryl methyl sites for hydroxylation is 1. The molecule has 1 fully saturated rings. The second-order valence-electron chi connectivity index (χ2n) is 5.39. The maximum Gasteiger partial charge on any atom is 0.223 e. The molecule has 1 atom stereocenters. The third-order valence-corrected chi connectivity index (χ3v) is 3.83. The maximum absolute atomic E-state index is 12.4. The predicted octanol–water partition coefficient (Wildman–Crippen LogP) is 0.986. The van der Waals surface area contributed by atoms with Crippen LogP contribution < -0.4 is 5.73 Å². The van der Waals surface area contributed by atoms with Crippen molar-refractivity contribution in [3.63, 3.8) is 0 Å². The zero-order chi connectivity index (χ0) is 16.1. The van der Waals surface area contributed by atoms with Crippen LogP contribution in [0.3, 0.4) is 0 Å². The minimum absolute atomic E-state index is 0.101. The number of anilines is 1. The van der Waals surface area contributed by atoms with Gasteiger partial charge in [-0.3, -0.25) is 14.8 Å². The summed E-state index contributed by atoms with van der Waals surface area (Å²) in [6.45, 7) is 1.51. The highest BCUT2D eigenvalue weighted by Crippen LogP contribution is 2.24. The molecule has 2 aromatic rings. The van der Waals surface area contributed by atoms with Crippen LogP contribution in [0, 0.1) is 0 Å². The highest BCUT2D eigenvalue weighted by Gasteiger charge is 2.27. The average molecular weight is 313 g/mol. The molecule has 0 saturated carbocycles. The quantitative estimate of drug-likeness (QED) is 0.904. The lowest BCUT2D eigenvalue weighted by molar-refractivity contribution is -0.139. The fourth-order valence-corrected chi connectivity index (χ4v) is 2.60. The number of rotatable bonds is 4. The molecular formula is C16H19N5O2. The van der Waals surface area contributed by atoms with Crippen molar-refractivity contribution in [3.8, 4) is 0 Å². The summed E-state index contributed by atoms with van der Waals surface area (Å²) in [7, 11) is 0. The number of hydrogen-bond donors (Lipinski definition) is 1. The Kier molecular flexibility index (Phi) is 4.77. The van der Waals surface area contributed by atoms with Gasteiger partial charge in [-0.15, -0.1) is 0 Å². The Bertz CT molecular complexity index is 665. The zero-order valence-corrected chi connectivity index (χ0v) is 12.8. The number of hydrogen-bond acceptors (Lipinski definition) is 6. The van der Waals surface area contributed by atoms with Gasteiger partial charge in [0.15, 0.2) is 0 Å². The van der Waals surface area contributed by atoms with Gasteiger partial charge in [-0.25, -0.2) is 4.98 Å². The van der Waals surface area contributed by atoms with Gasteiger partial charge < -0.3 is 15.4 Å². The molecule has 1 saturated heterocycles. The van der Waals surface area contributed by atoms with Crippen molar-refractivity contribution >= 4 is 11.7 Å². The van der Waals surface area contributed by atoms with E-state index in [1.54, 1.807) is 29.7 Å². The van der Waals surface area contributed by atoms with Crippen LogP contribution in [-0.2, 0) is 16.0 Å². The van der Waals surface area contributed by atoms with E-state index >= 15 is 0 Å². The van der Waals surface area contributed by atoms with Crippen molar-refractivity contribution < 1.29 is 9.53 Å². The summed E-state index contributed by atoms with van der Waals surface area (Å²) in [6.07, 6.45) is 7.45. The number of carbonyl (C=O) groups is 1. The molecule has 7 heteroatoms. The summed E-state index contributed by atoms with van der Waals surface area (Å²) in [5.74, 6) is 0.451. The lowest BCUT2D eigenvalue weighted by Crippen LogP contribution is -2.42. The molecule has 0 bridgehead atoms. The fraction of sp³-hybridized carbons (Fsp3) is 0.375. The summed E-state index contributed by atoms with van der Waals surface area (Å²) in [5.41, 5.74) is 7.50. The number of pyridine rings is 1. The minimum atomic E-state index is -0.320. The average Bonchev–Trinajstić information content (AvgIpc) is 2.61. The number of morpholine rings is 1. The van der Waals surface area contributed by atoms with Gasteiger partial charge in [-0.1, -0.05) is 6.07 Å². The molecule has 2 N–H and O–H groups in total. The molecule has 0 aromatic carbocycles. The first kappa shape index (κ1) is 15.4. The minimum Gasteiger partial charge on any atom is -0.382 e. The highest BCUT2D eigenvalue weighted by atomic mass is 16.5. The Morgan fingerprint density at radius 1 is 1.35 bits per heavy atom. The van der Waals surface area contributed by atoms with E-state index in [0.29, 0.717) is 44.0 Å². The van der Waals surface area contributed by atoms with Gasteiger partial charge in [0.1, 0.15) is 17.6 Å². The molecule has 1 aliphatic heterocycles. The van der Waals surface area contributed by atoms with Gasteiger partial charge in [0.2, 0.25) is 5.91 Å². The van der Waals surface area contributed by atoms with Crippen LogP contribution in [0.25, 0.3) is 0 Å². The number of carbonyl (C=O) groups excluding carboxylic acids is 1. The molecule has 1 aliphatic rings. The first-order valence-electron chi connectivity index (χ1n) is 7.58. The SMILES string of the molecule is Nc1nccnc1C1CN(C(=O)CCc2cccnc2)CCO1. The smallest absolute Gasteiger partial charge is 0.223 e. The Balaban J connectivity index is 1.60. The lowest BCUT2D eigenvalue weighted by Gasteiger charge is -2.33. The van der Waals surface area contributed by atoms with Crippen LogP contribution in [0.2, 0.25) is 0 Å². The van der Waals surface area contributed by atoms with E-state index in [0.717, 1.165) is 5.56 Å². The number of amides is 1. The first-order valence-corrected chi connectivity index (χ1v) is 7.58. The molecule has 1 unspecified atom stereocenters. The van der Waals surface area contributed by atoms with Crippen LogP contribution >= 0.6 is 0 Å². The van der Waals surface area contributed by atoms with E-state index in [9.17, 15) is 4.79 Å². The summed E-state index contributed by atoms with van der Waals surface area (Å²) < 4.78 is 5.70. The molecule has 7 nitrogen and oxygen atoms in total. The molecule has 0 aliphatic carbocycles. The van der Waals surface area contributed by atoms with E-state index in [1.165, 1.54) is 0 Å². The molecular weight excluding hydrogens is 294 g/mol. The number of nitrogens with two attached hydrogens (primary N) is 1. The van der Waals surface area contributed by atoms with Crippen LogP contribution in [0.1, 0.15) is 23.8 Å². The first-order chi connectivity index (χ1) is 11.2. The van der Waals surface area contributed by atoms with E-state index < -0.39 is 0 Å². The van der Waals surface area contributed by atoms with Crippen molar-refractivity contribution in [2.45, 2.75) is 18.9 Å². The van der Waals surface area contributed by atoms with Crippen molar-refractivity contribution in [3.05, 3.63) is 48.2 Å². The molecule has 3 heterocycles. The van der Waals surface area contributed by atoms with Gasteiger partial charge in [0.25, 0.3) is 0 Å². The molecule has 120 valence electrons. The molecule has 1 amide bonds. The lowest BCUT2D eigenvalue weighted by atomic mass is 10.1. The van der Waals surface area contributed by atoms with Gasteiger partial charge in [0, 0.05) is 37.8 Å². The van der Waals surface area contributed by atoms with E-state index in [4.69, 9.17) is 10.5 Å². The molecule has 0 spiro atoms. The Morgan fingerprint density at radius 3 is 3.00 bits per heavy atom. The summed E-state index contributed by atoms with van der Waals surface area (Å²) in [4.78, 5) is 26.5. The molecule has 2 aromatic heterocycles. The normalized spacial score (nSPS) is 17.9. The van der Waals surface area contributed by atoms with Gasteiger partial charge >= 0.3 is 0 Å². The number of aromatic nitrogens is 3. The van der Waals surface area contributed by atoms with Crippen molar-refractivity contribution in [1.29, 1.82) is 0 Å². The van der Waals surface area contributed by atoms with Crippen molar-refractivity contribution in [2.75, 3.05) is 25.4 Å². The summed E-state index contributed by atoms with van der Waals surface area (Å²) in [5, 5.41) is 0. The zero-order valence-electron chi connectivity index (χ0n) is 12.8. The largest absolute Gasteiger partial charge is 0.382 e. The van der Waals surface area contributed by atoms with Crippen LogP contribution in [-0.4, -0.2) is 45.5 Å². The van der Waals surface area contributed by atoms with E-state index in [-0.39, 0.29) is 12.0 Å². The fourth-order valence-electron chi connectivity index (χ4n) is 2.60. The standard InChI is InChI=1S/C16H19N5O2/c17-16-15(19-6-7-20-16)13-11-21(8-9-23-13)14(22)4-3-12-2-1-5-18-10-12/h1-2,5-7,10,13H,3-4,8-9,11H2,(H2,17,20). The highest BCUT2D eigenvalue weighted by molar-refractivity contribution is 5.76. The number of ether oxygens (including phenoxy) is 1. The second-order valence-corrected chi connectivity index (χ2v) is 5.39. The predicted molar refractivity (Wildman–Crippen MR) is 84.3 cm³/mol. The maximum atomic E-state index is 12.4. The monoisotopic (exact) mass is 313 g/mol. The summed E-state index contributed by atoms with van der Waals surface area (Å²) in [6, 6.07) is 3.85. The van der Waals surface area contributed by atoms with E-state index in [1.807, 2.05) is 12.1 Å². The molecule has 23 heavy (non-hydrogen) atoms.